The van der Waals surface area contributed by atoms with E-state index in [1.54, 1.807) is 31.2 Å². The van der Waals surface area contributed by atoms with Gasteiger partial charge in [0.25, 0.3) is 11.8 Å². The molecule has 0 spiro atoms. The molecule has 0 aliphatic carbocycles. The number of esters is 1. The molecule has 0 aliphatic heterocycles. The Balaban J connectivity index is 2.18. The van der Waals surface area contributed by atoms with Crippen molar-refractivity contribution in [1.82, 2.24) is 9.69 Å². The van der Waals surface area contributed by atoms with Gasteiger partial charge >= 0.3 is 5.97 Å². The summed E-state index contributed by atoms with van der Waals surface area (Å²) in [6.07, 6.45) is 0. The van der Waals surface area contributed by atoms with Crippen LogP contribution in [0.2, 0.25) is 0 Å². The van der Waals surface area contributed by atoms with Gasteiger partial charge in [0, 0.05) is 19.8 Å². The van der Waals surface area contributed by atoms with Crippen LogP contribution in [0.15, 0.2) is 48.5 Å². The number of rotatable bonds is 10. The van der Waals surface area contributed by atoms with Gasteiger partial charge in [-0.15, -0.1) is 0 Å². The van der Waals surface area contributed by atoms with E-state index in [4.69, 9.17) is 16.2 Å². The standard InChI is InChI=1S/C25H27FN6O5S/c1-4-37-18(33)13-29-24(35)21(14-9-11-15(12-10-14)31(2)3)32(17-8-6-5-7-16(17)26)25(36)22-19(27)20(23(28)34)30-38-22/h5-12,21H,4,13,27H2,1-3H3,(H2,28,34)(H,29,35). The molecule has 0 saturated carbocycles. The lowest BCUT2D eigenvalue weighted by Crippen LogP contribution is -2.45. The van der Waals surface area contributed by atoms with Crippen LogP contribution in [-0.4, -0.2) is 55.3 Å². The van der Waals surface area contributed by atoms with Gasteiger partial charge in [-0.05, 0) is 48.3 Å². The molecule has 5 N–H and O–H groups in total. The zero-order valence-corrected chi connectivity index (χ0v) is 21.8. The van der Waals surface area contributed by atoms with Crippen molar-refractivity contribution in [2.45, 2.75) is 13.0 Å². The van der Waals surface area contributed by atoms with Gasteiger partial charge in [0.05, 0.1) is 18.0 Å². The number of nitrogen functional groups attached to an aromatic ring is 1. The first-order chi connectivity index (χ1) is 18.1. The quantitative estimate of drug-likeness (QED) is 0.328. The Kier molecular flexibility index (Phi) is 8.97. The molecule has 1 aromatic heterocycles. The molecule has 13 heteroatoms. The molecule has 2 aromatic carbocycles. The zero-order chi connectivity index (χ0) is 28.0. The number of hydrogen-bond acceptors (Lipinski definition) is 9. The summed E-state index contributed by atoms with van der Waals surface area (Å²) < 4.78 is 23.9. The number of anilines is 3. The van der Waals surface area contributed by atoms with Crippen molar-refractivity contribution in [3.8, 4) is 0 Å². The Morgan fingerprint density at radius 3 is 2.32 bits per heavy atom. The molecule has 1 atom stereocenters. The van der Waals surface area contributed by atoms with Gasteiger partial charge < -0.3 is 26.4 Å². The second-order valence-corrected chi connectivity index (χ2v) is 8.95. The highest BCUT2D eigenvalue weighted by Gasteiger charge is 2.37. The number of carbonyl (C=O) groups is 4. The predicted octanol–water partition coefficient (Wildman–Crippen LogP) is 2.10. The summed E-state index contributed by atoms with van der Waals surface area (Å²) in [7, 11) is 3.66. The SMILES string of the molecule is CCOC(=O)CNC(=O)C(c1ccc(N(C)C)cc1)N(C(=O)c1snc(C(N)=O)c1N)c1ccccc1F. The van der Waals surface area contributed by atoms with Crippen molar-refractivity contribution < 1.29 is 28.3 Å². The maximum Gasteiger partial charge on any atom is 0.325 e. The summed E-state index contributed by atoms with van der Waals surface area (Å²) in [5.41, 5.74) is 11.6. The number of carbonyl (C=O) groups excluding carboxylic acids is 4. The van der Waals surface area contributed by atoms with Gasteiger partial charge in [0.15, 0.2) is 5.69 Å². The number of benzene rings is 2. The van der Waals surface area contributed by atoms with E-state index in [1.165, 1.54) is 18.2 Å². The van der Waals surface area contributed by atoms with Crippen molar-refractivity contribution in [1.29, 1.82) is 0 Å². The Bertz CT molecular complexity index is 1340. The molecule has 11 nitrogen and oxygen atoms in total. The van der Waals surface area contributed by atoms with Crippen LogP contribution in [-0.2, 0) is 14.3 Å². The highest BCUT2D eigenvalue weighted by atomic mass is 32.1. The first-order valence-corrected chi connectivity index (χ1v) is 12.2. The van der Waals surface area contributed by atoms with E-state index in [0.717, 1.165) is 16.7 Å². The molecule has 0 fully saturated rings. The van der Waals surface area contributed by atoms with Gasteiger partial charge in [-0.25, -0.2) is 4.39 Å². The highest BCUT2D eigenvalue weighted by Crippen LogP contribution is 2.34. The largest absolute Gasteiger partial charge is 0.465 e. The lowest BCUT2D eigenvalue weighted by Gasteiger charge is -2.31. The number of hydrogen-bond donors (Lipinski definition) is 3. The molecule has 1 heterocycles. The summed E-state index contributed by atoms with van der Waals surface area (Å²) in [5.74, 6) is -4.12. The first kappa shape index (κ1) is 28.1. The zero-order valence-electron chi connectivity index (χ0n) is 20.9. The molecule has 3 amide bonds. The monoisotopic (exact) mass is 542 g/mol. The number of halogens is 1. The number of amides is 3. The van der Waals surface area contributed by atoms with Gasteiger partial charge in [-0.1, -0.05) is 24.3 Å². The van der Waals surface area contributed by atoms with Crippen LogP contribution in [0.25, 0.3) is 0 Å². The lowest BCUT2D eigenvalue weighted by molar-refractivity contribution is -0.143. The molecule has 1 unspecified atom stereocenters. The molecule has 0 aliphatic rings. The maximum atomic E-state index is 15.1. The van der Waals surface area contributed by atoms with E-state index in [-0.39, 0.29) is 28.6 Å². The van der Waals surface area contributed by atoms with Crippen LogP contribution < -0.4 is 26.6 Å². The van der Waals surface area contributed by atoms with Gasteiger partial charge in [0.1, 0.15) is 23.3 Å². The second-order valence-electron chi connectivity index (χ2n) is 8.18. The number of para-hydroxylation sites is 1. The third kappa shape index (κ3) is 6.06. The summed E-state index contributed by atoms with van der Waals surface area (Å²) in [4.78, 5) is 53.6. The minimum Gasteiger partial charge on any atom is -0.465 e. The minimum absolute atomic E-state index is 0.108. The molecular formula is C25H27FN6O5S. The van der Waals surface area contributed by atoms with Crippen LogP contribution in [0.1, 0.15) is 38.7 Å². The van der Waals surface area contributed by atoms with Crippen LogP contribution in [0.5, 0.6) is 0 Å². The van der Waals surface area contributed by atoms with E-state index in [2.05, 4.69) is 9.69 Å². The predicted molar refractivity (Wildman–Crippen MR) is 141 cm³/mol. The summed E-state index contributed by atoms with van der Waals surface area (Å²) in [6, 6.07) is 10.6. The molecule has 3 rings (SSSR count). The molecule has 38 heavy (non-hydrogen) atoms. The third-order valence-electron chi connectivity index (χ3n) is 5.43. The van der Waals surface area contributed by atoms with Gasteiger partial charge in [0.2, 0.25) is 5.91 Å². The number of nitrogens with zero attached hydrogens (tertiary/aromatic N) is 3. The van der Waals surface area contributed by atoms with Crippen molar-refractivity contribution in [2.75, 3.05) is 42.8 Å². The lowest BCUT2D eigenvalue weighted by atomic mass is 10.0. The molecule has 200 valence electrons. The molecule has 3 aromatic rings. The van der Waals surface area contributed by atoms with E-state index >= 15 is 4.39 Å². The topological polar surface area (TPSA) is 161 Å². The average molecular weight is 543 g/mol. The maximum absolute atomic E-state index is 15.1. The van der Waals surface area contributed by atoms with Crippen molar-refractivity contribution in [2.24, 2.45) is 5.73 Å². The van der Waals surface area contributed by atoms with Crippen LogP contribution in [0, 0.1) is 5.82 Å². The van der Waals surface area contributed by atoms with E-state index in [0.29, 0.717) is 17.1 Å². The number of nitrogens with two attached hydrogens (primary N) is 2. The fourth-order valence-corrected chi connectivity index (χ4v) is 4.33. The van der Waals surface area contributed by atoms with Gasteiger partial charge in [-0.3, -0.25) is 24.1 Å². The van der Waals surface area contributed by atoms with Crippen LogP contribution in [0.3, 0.4) is 0 Å². The highest BCUT2D eigenvalue weighted by molar-refractivity contribution is 7.09. The Hall–Kier alpha value is -4.52. The Labute approximate surface area is 222 Å². The first-order valence-electron chi connectivity index (χ1n) is 11.4. The van der Waals surface area contributed by atoms with Crippen molar-refractivity contribution >= 4 is 52.3 Å². The number of nitrogens with one attached hydrogen (secondary N) is 1. The fraction of sp³-hybridized carbons (Fsp3) is 0.240. The summed E-state index contributed by atoms with van der Waals surface area (Å²) in [6.45, 7) is 1.25. The van der Waals surface area contributed by atoms with E-state index in [1.807, 2.05) is 19.0 Å². The normalized spacial score (nSPS) is 11.4. The van der Waals surface area contributed by atoms with Gasteiger partial charge in [-0.2, -0.15) is 4.37 Å². The van der Waals surface area contributed by atoms with E-state index < -0.39 is 42.1 Å². The number of ether oxygens (including phenoxy) is 1. The summed E-state index contributed by atoms with van der Waals surface area (Å²) in [5, 5.41) is 2.46. The number of aromatic nitrogens is 1. The second kappa shape index (κ2) is 12.1. The van der Waals surface area contributed by atoms with Crippen molar-refractivity contribution in [3.05, 3.63) is 70.5 Å². The molecular weight excluding hydrogens is 515 g/mol. The molecule has 0 bridgehead atoms. The number of primary amides is 1. The van der Waals surface area contributed by atoms with Crippen molar-refractivity contribution in [3.63, 3.8) is 0 Å². The Morgan fingerprint density at radius 2 is 1.76 bits per heavy atom. The molecule has 0 radical (unpaired) electrons. The summed E-state index contributed by atoms with van der Waals surface area (Å²) >= 11 is 0.595. The average Bonchev–Trinajstić information content (AvgIpc) is 3.28. The third-order valence-corrected chi connectivity index (χ3v) is 6.28. The van der Waals surface area contributed by atoms with E-state index in [9.17, 15) is 19.2 Å². The van der Waals surface area contributed by atoms with Crippen LogP contribution >= 0.6 is 11.5 Å². The fourth-order valence-electron chi connectivity index (χ4n) is 3.59. The smallest absolute Gasteiger partial charge is 0.325 e. The minimum atomic E-state index is -1.46. The molecule has 0 saturated heterocycles. The Morgan fingerprint density at radius 1 is 1.11 bits per heavy atom. The van der Waals surface area contributed by atoms with Crippen LogP contribution in [0.4, 0.5) is 21.5 Å².